The fraction of sp³-hybridized carbons (Fsp3) is 0.500. The number of nitriles is 1. The van der Waals surface area contributed by atoms with Gasteiger partial charge in [-0.05, 0) is 49.3 Å². The number of aromatic nitrogens is 2. The number of anilines is 2. The largest absolute Gasteiger partial charge is 0.489 e. The van der Waals surface area contributed by atoms with Crippen molar-refractivity contribution in [2.75, 3.05) is 50.1 Å². The Bertz CT molecular complexity index is 1980. The Labute approximate surface area is 280 Å². The minimum absolute atomic E-state index is 0.0170. The van der Waals surface area contributed by atoms with Gasteiger partial charge < -0.3 is 24.8 Å². The molecular formula is C34H35ClF2N6O3S. The SMILES string of the molecule is CC(C)C1CN2c3nc(OC[C@@]45CCCN4C[C@H](C)C5)nc4c(F)c(-c5ccc(F)c6sc(N)c(C#N)c56)c(Cl)c(c34)OCC2CO1. The molecule has 47 heavy (non-hydrogen) atoms. The van der Waals surface area contributed by atoms with Crippen molar-refractivity contribution < 1.29 is 23.0 Å². The summed E-state index contributed by atoms with van der Waals surface area (Å²) >= 11 is 8.01. The summed E-state index contributed by atoms with van der Waals surface area (Å²) in [4.78, 5) is 14.2. The number of thiophene rings is 1. The molecule has 246 valence electrons. The number of morpholine rings is 1. The summed E-state index contributed by atoms with van der Waals surface area (Å²) in [6, 6.07) is 4.56. The van der Waals surface area contributed by atoms with Crippen LogP contribution in [0.25, 0.3) is 32.1 Å². The van der Waals surface area contributed by atoms with Crippen LogP contribution in [0.5, 0.6) is 11.8 Å². The summed E-state index contributed by atoms with van der Waals surface area (Å²) in [5, 5.41) is 10.6. The molecule has 2 aromatic carbocycles. The number of benzene rings is 2. The molecule has 8 rings (SSSR count). The molecule has 4 aliphatic heterocycles. The van der Waals surface area contributed by atoms with Crippen molar-refractivity contribution in [1.82, 2.24) is 14.9 Å². The van der Waals surface area contributed by atoms with Gasteiger partial charge in [-0.25, -0.2) is 8.78 Å². The molecule has 0 spiro atoms. The molecule has 0 aliphatic carbocycles. The zero-order valence-corrected chi connectivity index (χ0v) is 28.0. The molecule has 13 heteroatoms. The minimum atomic E-state index is -0.741. The number of ether oxygens (including phenoxy) is 3. The number of hydrogen-bond donors (Lipinski definition) is 1. The molecule has 2 N–H and O–H groups in total. The lowest BCUT2D eigenvalue weighted by Crippen LogP contribution is -2.53. The van der Waals surface area contributed by atoms with Crippen LogP contribution in [0, 0.1) is 34.8 Å². The first kappa shape index (κ1) is 30.8. The van der Waals surface area contributed by atoms with Crippen molar-refractivity contribution in [2.24, 2.45) is 11.8 Å². The quantitative estimate of drug-likeness (QED) is 0.244. The van der Waals surface area contributed by atoms with Crippen LogP contribution in [0.3, 0.4) is 0 Å². The molecule has 6 heterocycles. The molecule has 4 aliphatic rings. The first-order valence-electron chi connectivity index (χ1n) is 16.1. The van der Waals surface area contributed by atoms with Gasteiger partial charge in [-0.15, -0.1) is 11.3 Å². The fourth-order valence-electron chi connectivity index (χ4n) is 8.11. The van der Waals surface area contributed by atoms with E-state index in [4.69, 9.17) is 41.5 Å². The van der Waals surface area contributed by atoms with Crippen LogP contribution in [0.2, 0.25) is 5.02 Å². The molecule has 2 aromatic heterocycles. The number of nitrogens with zero attached hydrogens (tertiary/aromatic N) is 5. The van der Waals surface area contributed by atoms with E-state index in [9.17, 15) is 5.26 Å². The van der Waals surface area contributed by atoms with E-state index in [0.29, 0.717) is 36.9 Å². The Kier molecular flexibility index (Phi) is 7.40. The molecule has 0 radical (unpaired) electrons. The molecular weight excluding hydrogens is 646 g/mol. The van der Waals surface area contributed by atoms with E-state index in [2.05, 4.69) is 36.6 Å². The number of fused-ring (bicyclic) bond motifs is 4. The highest BCUT2D eigenvalue weighted by atomic mass is 35.5. The van der Waals surface area contributed by atoms with Crippen LogP contribution >= 0.6 is 22.9 Å². The summed E-state index contributed by atoms with van der Waals surface area (Å²) in [5.41, 5.74) is 6.24. The molecule has 3 fully saturated rings. The van der Waals surface area contributed by atoms with Crippen LogP contribution in [0.15, 0.2) is 12.1 Å². The lowest BCUT2D eigenvalue weighted by molar-refractivity contribution is -0.0140. The van der Waals surface area contributed by atoms with E-state index in [1.165, 1.54) is 12.1 Å². The zero-order valence-electron chi connectivity index (χ0n) is 26.4. The number of halogens is 3. The molecule has 0 bridgehead atoms. The van der Waals surface area contributed by atoms with Crippen LogP contribution < -0.4 is 20.1 Å². The maximum absolute atomic E-state index is 17.2. The standard InChI is InChI=1S/C34H35ClF2N6O3S/c1-16(2)22-12-43-18(13-44-22)14-45-29-25-28(40-33(41-32(25)43)46-15-34-7-4-8-42(34)11-17(3)9-34)27(37)24(26(29)35)19-5-6-21(36)30-23(19)20(10-38)31(39)47-30/h5-6,16-18,22H,4,7-9,11-15,39H2,1-3H3/t17-,18?,22?,34+/m1/s1. The number of nitrogen functional groups attached to an aromatic ring is 1. The van der Waals surface area contributed by atoms with Crippen molar-refractivity contribution in [3.63, 3.8) is 0 Å². The lowest BCUT2D eigenvalue weighted by Gasteiger charge is -2.40. The number of hydrogen-bond acceptors (Lipinski definition) is 10. The summed E-state index contributed by atoms with van der Waals surface area (Å²) in [7, 11) is 0. The summed E-state index contributed by atoms with van der Waals surface area (Å²) in [5.74, 6) is 0.190. The highest BCUT2D eigenvalue weighted by Crippen LogP contribution is 2.51. The summed E-state index contributed by atoms with van der Waals surface area (Å²) in [6.45, 7) is 10.0. The van der Waals surface area contributed by atoms with Crippen LogP contribution in [-0.2, 0) is 4.74 Å². The average molecular weight is 681 g/mol. The third kappa shape index (κ3) is 4.72. The van der Waals surface area contributed by atoms with Gasteiger partial charge in [0.25, 0.3) is 0 Å². The Hall–Kier alpha value is -3.50. The topological polar surface area (TPSA) is 110 Å². The minimum Gasteiger partial charge on any atom is -0.489 e. The Morgan fingerprint density at radius 2 is 2.06 bits per heavy atom. The van der Waals surface area contributed by atoms with Gasteiger partial charge in [0.2, 0.25) is 0 Å². The summed E-state index contributed by atoms with van der Waals surface area (Å²) in [6.07, 6.45) is 3.07. The summed E-state index contributed by atoms with van der Waals surface area (Å²) < 4.78 is 51.4. The van der Waals surface area contributed by atoms with Crippen LogP contribution in [0.4, 0.5) is 19.6 Å². The van der Waals surface area contributed by atoms with Gasteiger partial charge in [0.05, 0.1) is 45.0 Å². The number of nitrogens with two attached hydrogens (primary N) is 1. The van der Waals surface area contributed by atoms with Gasteiger partial charge >= 0.3 is 6.01 Å². The fourth-order valence-corrected chi connectivity index (χ4v) is 9.39. The van der Waals surface area contributed by atoms with Gasteiger partial charge in [0, 0.05) is 24.0 Å². The Morgan fingerprint density at radius 1 is 1.23 bits per heavy atom. The second kappa shape index (κ2) is 11.3. The maximum Gasteiger partial charge on any atom is 0.319 e. The smallest absolute Gasteiger partial charge is 0.319 e. The normalized spacial score (nSPS) is 25.6. The van der Waals surface area contributed by atoms with Gasteiger partial charge in [-0.3, -0.25) is 4.90 Å². The van der Waals surface area contributed by atoms with Gasteiger partial charge in [-0.2, -0.15) is 15.2 Å². The molecule has 9 nitrogen and oxygen atoms in total. The van der Waals surface area contributed by atoms with Crippen molar-refractivity contribution in [1.29, 1.82) is 5.26 Å². The van der Waals surface area contributed by atoms with E-state index in [0.717, 1.165) is 43.7 Å². The third-order valence-corrected chi connectivity index (χ3v) is 11.8. The average Bonchev–Trinajstić information content (AvgIpc) is 3.66. The first-order valence-corrected chi connectivity index (χ1v) is 17.3. The van der Waals surface area contributed by atoms with E-state index < -0.39 is 11.6 Å². The van der Waals surface area contributed by atoms with E-state index >= 15 is 8.78 Å². The molecule has 0 saturated carbocycles. The van der Waals surface area contributed by atoms with Crippen molar-refractivity contribution in [3.05, 3.63) is 34.4 Å². The molecule has 3 saturated heterocycles. The second-order valence-corrected chi connectivity index (χ2v) is 15.2. The van der Waals surface area contributed by atoms with E-state index in [1.54, 1.807) is 0 Å². The Morgan fingerprint density at radius 3 is 2.85 bits per heavy atom. The van der Waals surface area contributed by atoms with Gasteiger partial charge in [0.15, 0.2) is 11.6 Å². The van der Waals surface area contributed by atoms with Crippen LogP contribution in [-0.4, -0.2) is 72.0 Å². The predicted octanol–water partition coefficient (Wildman–Crippen LogP) is 6.77. The molecule has 0 amide bonds. The van der Waals surface area contributed by atoms with Gasteiger partial charge in [0.1, 0.15) is 41.4 Å². The van der Waals surface area contributed by atoms with E-state index in [-0.39, 0.29) is 84.3 Å². The first-order chi connectivity index (χ1) is 22.6. The second-order valence-electron chi connectivity index (χ2n) is 13.7. The molecule has 4 aromatic rings. The highest BCUT2D eigenvalue weighted by Gasteiger charge is 2.48. The van der Waals surface area contributed by atoms with Crippen molar-refractivity contribution >= 4 is 54.7 Å². The lowest BCUT2D eigenvalue weighted by atomic mass is 9.92. The van der Waals surface area contributed by atoms with Crippen LogP contribution in [0.1, 0.15) is 45.6 Å². The molecule has 2 unspecified atom stereocenters. The molecule has 4 atom stereocenters. The third-order valence-electron chi connectivity index (χ3n) is 10.4. The predicted molar refractivity (Wildman–Crippen MR) is 178 cm³/mol. The van der Waals surface area contributed by atoms with Crippen molar-refractivity contribution in [3.8, 4) is 29.0 Å². The highest BCUT2D eigenvalue weighted by molar-refractivity contribution is 7.23. The monoisotopic (exact) mass is 680 g/mol. The Balaban J connectivity index is 1.34. The maximum atomic E-state index is 17.2. The van der Waals surface area contributed by atoms with Gasteiger partial charge in [-0.1, -0.05) is 38.4 Å². The zero-order chi connectivity index (χ0) is 32.8. The van der Waals surface area contributed by atoms with E-state index in [1.807, 2.05) is 0 Å². The number of rotatable bonds is 5. The van der Waals surface area contributed by atoms with Crippen molar-refractivity contribution in [2.45, 2.75) is 57.7 Å².